The third-order valence-electron chi connectivity index (χ3n) is 6.28. The summed E-state index contributed by atoms with van der Waals surface area (Å²) in [5.74, 6) is 3.13. The molecule has 0 aliphatic heterocycles. The molecule has 4 aliphatic rings. The molecule has 4 aliphatic carbocycles. The molecule has 5 rings (SSSR count). The Hall–Kier alpha value is -1.11. The largest absolute Gasteiger partial charge is 0.299 e. The summed E-state index contributed by atoms with van der Waals surface area (Å²) in [7, 11) is 0. The summed E-state index contributed by atoms with van der Waals surface area (Å²) in [6.45, 7) is 4.26. The molecule has 0 aromatic heterocycles. The van der Waals surface area contributed by atoms with Gasteiger partial charge in [0.05, 0.1) is 0 Å². The maximum absolute atomic E-state index is 13.1. The lowest BCUT2D eigenvalue weighted by Gasteiger charge is -2.56. The summed E-state index contributed by atoms with van der Waals surface area (Å²) in [6, 6.07) is 6.59. The van der Waals surface area contributed by atoms with Gasteiger partial charge in [0.2, 0.25) is 0 Å². The molecule has 4 fully saturated rings. The van der Waals surface area contributed by atoms with Gasteiger partial charge in [0.1, 0.15) is 5.78 Å². The van der Waals surface area contributed by atoms with Crippen LogP contribution in [0.15, 0.2) is 18.2 Å². The maximum atomic E-state index is 13.1. The average Bonchev–Trinajstić information content (AvgIpc) is 2.35. The van der Waals surface area contributed by atoms with Crippen LogP contribution in [0.4, 0.5) is 0 Å². The minimum Gasteiger partial charge on any atom is -0.299 e. The number of hydrogen-bond acceptors (Lipinski definition) is 1. The van der Waals surface area contributed by atoms with E-state index in [4.69, 9.17) is 0 Å². The van der Waals surface area contributed by atoms with Gasteiger partial charge in [-0.2, -0.15) is 0 Å². The lowest BCUT2D eigenvalue weighted by atomic mass is 9.48. The smallest absolute Gasteiger partial charge is 0.143 e. The Bertz CT molecular complexity index is 528. The zero-order chi connectivity index (χ0) is 14.6. The van der Waals surface area contributed by atoms with Crippen molar-refractivity contribution in [1.29, 1.82) is 0 Å². The van der Waals surface area contributed by atoms with E-state index < -0.39 is 0 Å². The fourth-order valence-corrected chi connectivity index (χ4v) is 6.00. The van der Waals surface area contributed by atoms with Gasteiger partial charge in [0.25, 0.3) is 0 Å². The van der Waals surface area contributed by atoms with Gasteiger partial charge < -0.3 is 0 Å². The fourth-order valence-electron chi connectivity index (χ4n) is 6.00. The minimum absolute atomic E-state index is 0.0619. The highest BCUT2D eigenvalue weighted by atomic mass is 16.1. The number of carbonyl (C=O) groups excluding carboxylic acids is 1. The topological polar surface area (TPSA) is 17.1 Å². The molecule has 1 aromatic rings. The number of benzene rings is 1. The molecule has 0 amide bonds. The van der Waals surface area contributed by atoms with Gasteiger partial charge in [-0.25, -0.2) is 0 Å². The lowest BCUT2D eigenvalue weighted by molar-refractivity contribution is -0.143. The molecule has 1 aromatic carbocycles. The Kier molecular flexibility index (Phi) is 3.03. The molecule has 21 heavy (non-hydrogen) atoms. The van der Waals surface area contributed by atoms with E-state index in [1.807, 2.05) is 0 Å². The van der Waals surface area contributed by atoms with Gasteiger partial charge in [0.15, 0.2) is 0 Å². The van der Waals surface area contributed by atoms with E-state index in [0.29, 0.717) is 12.2 Å². The van der Waals surface area contributed by atoms with Crippen LogP contribution in [0.1, 0.15) is 55.2 Å². The highest BCUT2D eigenvalue weighted by Gasteiger charge is 2.53. The van der Waals surface area contributed by atoms with Gasteiger partial charge in [0, 0.05) is 11.8 Å². The standard InChI is InChI=1S/C20H26O/c1-13-3-14(2)5-15(4-13)9-19(21)20-10-16-6-17(11-20)8-18(7-16)12-20/h3-5,16-18H,6-12H2,1-2H3. The second kappa shape index (κ2) is 4.69. The van der Waals surface area contributed by atoms with Crippen molar-refractivity contribution in [2.45, 2.75) is 58.8 Å². The average molecular weight is 282 g/mol. The molecule has 112 valence electrons. The second-order valence-corrected chi connectivity index (χ2v) is 8.29. The van der Waals surface area contributed by atoms with Crippen molar-refractivity contribution < 1.29 is 4.79 Å². The SMILES string of the molecule is Cc1cc(C)cc(CC(=O)C23CC4CC(CC(C4)C2)C3)c1. The van der Waals surface area contributed by atoms with Gasteiger partial charge >= 0.3 is 0 Å². The summed E-state index contributed by atoms with van der Waals surface area (Å²) in [6.07, 6.45) is 8.49. The normalized spacial score (nSPS) is 37.0. The Morgan fingerprint density at radius 1 is 0.952 bits per heavy atom. The Morgan fingerprint density at radius 2 is 1.43 bits per heavy atom. The van der Waals surface area contributed by atoms with Crippen LogP contribution in [0.5, 0.6) is 0 Å². The predicted molar refractivity (Wildman–Crippen MR) is 85.2 cm³/mol. The number of Topliss-reactive ketones (excluding diaryl/α,β-unsaturated/α-hetero) is 1. The van der Waals surface area contributed by atoms with Gasteiger partial charge in [-0.3, -0.25) is 4.79 Å². The van der Waals surface area contributed by atoms with E-state index >= 15 is 0 Å². The molecule has 1 nitrogen and oxygen atoms in total. The molecule has 0 N–H and O–H groups in total. The number of rotatable bonds is 3. The molecular weight excluding hydrogens is 256 g/mol. The summed E-state index contributed by atoms with van der Waals surface area (Å²) < 4.78 is 0. The first kappa shape index (κ1) is 13.5. The highest BCUT2D eigenvalue weighted by Crippen LogP contribution is 2.60. The predicted octanol–water partition coefficient (Wildman–Crippen LogP) is 4.63. The minimum atomic E-state index is 0.0619. The monoisotopic (exact) mass is 282 g/mol. The van der Waals surface area contributed by atoms with Crippen LogP contribution in [0.25, 0.3) is 0 Å². The van der Waals surface area contributed by atoms with Gasteiger partial charge in [-0.05, 0) is 75.7 Å². The summed E-state index contributed by atoms with van der Waals surface area (Å²) in [5, 5.41) is 0. The molecule has 1 heteroatoms. The number of aryl methyl sites for hydroxylation is 2. The van der Waals surface area contributed by atoms with E-state index in [0.717, 1.165) is 17.8 Å². The van der Waals surface area contributed by atoms with Crippen molar-refractivity contribution in [3.63, 3.8) is 0 Å². The summed E-state index contributed by atoms with van der Waals surface area (Å²) >= 11 is 0. The number of hydrogen-bond donors (Lipinski definition) is 0. The van der Waals surface area contributed by atoms with Crippen LogP contribution in [0.3, 0.4) is 0 Å². The Morgan fingerprint density at radius 3 is 1.90 bits per heavy atom. The van der Waals surface area contributed by atoms with Crippen molar-refractivity contribution in [1.82, 2.24) is 0 Å². The molecular formula is C20H26O. The second-order valence-electron chi connectivity index (χ2n) is 8.29. The molecule has 0 atom stereocenters. The summed E-state index contributed by atoms with van der Waals surface area (Å²) in [5.41, 5.74) is 3.85. The van der Waals surface area contributed by atoms with Crippen LogP contribution < -0.4 is 0 Å². The lowest BCUT2D eigenvalue weighted by Crippen LogP contribution is -2.50. The molecule has 0 spiro atoms. The van der Waals surface area contributed by atoms with Crippen molar-refractivity contribution in [3.8, 4) is 0 Å². The van der Waals surface area contributed by atoms with E-state index in [1.165, 1.54) is 55.2 Å². The number of ketones is 1. The van der Waals surface area contributed by atoms with Crippen molar-refractivity contribution in [2.75, 3.05) is 0 Å². The third kappa shape index (κ3) is 2.35. The molecule has 0 saturated heterocycles. The molecule has 0 unspecified atom stereocenters. The van der Waals surface area contributed by atoms with E-state index in [-0.39, 0.29) is 5.41 Å². The van der Waals surface area contributed by atoms with Crippen LogP contribution in [0, 0.1) is 37.0 Å². The van der Waals surface area contributed by atoms with E-state index in [1.54, 1.807) is 0 Å². The van der Waals surface area contributed by atoms with Crippen LogP contribution in [-0.4, -0.2) is 5.78 Å². The first-order valence-electron chi connectivity index (χ1n) is 8.63. The quantitative estimate of drug-likeness (QED) is 0.790. The number of carbonyl (C=O) groups is 1. The molecule has 0 heterocycles. The van der Waals surface area contributed by atoms with E-state index in [2.05, 4.69) is 32.0 Å². The zero-order valence-corrected chi connectivity index (χ0v) is 13.3. The van der Waals surface area contributed by atoms with Gasteiger partial charge in [-0.15, -0.1) is 0 Å². The van der Waals surface area contributed by atoms with E-state index in [9.17, 15) is 4.79 Å². The fraction of sp³-hybridized carbons (Fsp3) is 0.650. The van der Waals surface area contributed by atoms with Crippen LogP contribution in [0.2, 0.25) is 0 Å². The van der Waals surface area contributed by atoms with Crippen LogP contribution >= 0.6 is 0 Å². The molecule has 4 saturated carbocycles. The Balaban J connectivity index is 1.57. The van der Waals surface area contributed by atoms with Crippen LogP contribution in [-0.2, 0) is 11.2 Å². The summed E-state index contributed by atoms with van der Waals surface area (Å²) in [4.78, 5) is 13.1. The molecule has 4 bridgehead atoms. The molecule has 0 radical (unpaired) electrons. The maximum Gasteiger partial charge on any atom is 0.143 e. The zero-order valence-electron chi connectivity index (χ0n) is 13.3. The van der Waals surface area contributed by atoms with Crippen molar-refractivity contribution in [2.24, 2.45) is 23.2 Å². The van der Waals surface area contributed by atoms with Crippen molar-refractivity contribution in [3.05, 3.63) is 34.9 Å². The highest BCUT2D eigenvalue weighted by molar-refractivity contribution is 5.87. The van der Waals surface area contributed by atoms with Gasteiger partial charge in [-0.1, -0.05) is 29.3 Å². The Labute approximate surface area is 128 Å². The first-order valence-corrected chi connectivity index (χ1v) is 8.63. The third-order valence-corrected chi connectivity index (χ3v) is 6.28. The van der Waals surface area contributed by atoms with Crippen molar-refractivity contribution >= 4 is 5.78 Å². The first-order chi connectivity index (χ1) is 10.0.